The summed E-state index contributed by atoms with van der Waals surface area (Å²) in [5.74, 6) is 1.36. The number of hydrogen-bond donors (Lipinski definition) is 2. The van der Waals surface area contributed by atoms with Crippen molar-refractivity contribution in [2.75, 3.05) is 21.3 Å². The van der Waals surface area contributed by atoms with Crippen LogP contribution in [-0.4, -0.2) is 33.5 Å². The summed E-state index contributed by atoms with van der Waals surface area (Å²) in [7, 11) is 4.58. The molecule has 0 unspecified atom stereocenters. The van der Waals surface area contributed by atoms with Crippen LogP contribution in [0.1, 0.15) is 5.56 Å². The zero-order valence-corrected chi connectivity index (χ0v) is 12.4. The van der Waals surface area contributed by atoms with Crippen molar-refractivity contribution in [1.29, 1.82) is 0 Å². The van der Waals surface area contributed by atoms with E-state index in [-0.39, 0.29) is 5.96 Å². The molecule has 1 aromatic rings. The maximum Gasteiger partial charge on any atom is 0.211 e. The van der Waals surface area contributed by atoms with Crippen LogP contribution < -0.4 is 25.7 Å². The number of halogens is 1. The van der Waals surface area contributed by atoms with Crippen molar-refractivity contribution in [3.63, 3.8) is 0 Å². The van der Waals surface area contributed by atoms with Gasteiger partial charge in [0.2, 0.25) is 11.7 Å². The van der Waals surface area contributed by atoms with E-state index in [0.29, 0.717) is 27.3 Å². The number of methoxy groups -OCH3 is 3. The van der Waals surface area contributed by atoms with Gasteiger partial charge in [-0.2, -0.15) is 5.10 Å². The summed E-state index contributed by atoms with van der Waals surface area (Å²) in [5, 5.41) is 7.26. The smallest absolute Gasteiger partial charge is 0.211 e. The Labute approximate surface area is 119 Å². The minimum atomic E-state index is -0.125. The maximum absolute atomic E-state index is 5.28. The van der Waals surface area contributed by atoms with Crippen molar-refractivity contribution >= 4 is 28.1 Å². The molecule has 1 rings (SSSR count). The van der Waals surface area contributed by atoms with Crippen molar-refractivity contribution in [3.05, 3.63) is 16.1 Å². The zero-order valence-electron chi connectivity index (χ0n) is 10.8. The Morgan fingerprint density at radius 1 is 1.16 bits per heavy atom. The van der Waals surface area contributed by atoms with E-state index in [1.165, 1.54) is 27.5 Å². The highest BCUT2D eigenvalue weighted by atomic mass is 79.9. The van der Waals surface area contributed by atoms with Crippen molar-refractivity contribution in [3.8, 4) is 17.2 Å². The SMILES string of the molecule is COc1cc(C=NN=C(N)N)c(Br)c(OC)c1OC. The summed E-state index contributed by atoms with van der Waals surface area (Å²) in [6, 6.07) is 1.72. The number of rotatable bonds is 5. The van der Waals surface area contributed by atoms with Crippen molar-refractivity contribution in [1.82, 2.24) is 0 Å². The van der Waals surface area contributed by atoms with E-state index in [1.807, 2.05) is 0 Å². The third kappa shape index (κ3) is 3.50. The highest BCUT2D eigenvalue weighted by Crippen LogP contribution is 2.44. The molecule has 0 spiro atoms. The van der Waals surface area contributed by atoms with E-state index in [2.05, 4.69) is 26.1 Å². The second-order valence-electron chi connectivity index (χ2n) is 3.32. The van der Waals surface area contributed by atoms with Crippen LogP contribution in [0.25, 0.3) is 0 Å². The van der Waals surface area contributed by atoms with Crippen LogP contribution in [0.5, 0.6) is 17.2 Å². The summed E-state index contributed by atoms with van der Waals surface area (Å²) >= 11 is 3.40. The van der Waals surface area contributed by atoms with Crippen LogP contribution in [0.4, 0.5) is 0 Å². The van der Waals surface area contributed by atoms with Gasteiger partial charge in [0.1, 0.15) is 0 Å². The normalized spacial score (nSPS) is 10.3. The summed E-state index contributed by atoms with van der Waals surface area (Å²) in [5.41, 5.74) is 11.1. The topological polar surface area (TPSA) is 104 Å². The minimum absolute atomic E-state index is 0.125. The van der Waals surface area contributed by atoms with Crippen LogP contribution in [0.3, 0.4) is 0 Å². The van der Waals surface area contributed by atoms with Crippen LogP contribution in [-0.2, 0) is 0 Å². The van der Waals surface area contributed by atoms with E-state index in [4.69, 9.17) is 25.7 Å². The first-order chi connectivity index (χ1) is 9.04. The molecule has 0 aliphatic carbocycles. The molecule has 1 aromatic carbocycles. The maximum atomic E-state index is 5.28. The molecule has 0 saturated heterocycles. The molecule has 0 aliphatic heterocycles. The molecule has 7 nitrogen and oxygen atoms in total. The quantitative estimate of drug-likeness (QED) is 0.477. The van der Waals surface area contributed by atoms with Gasteiger partial charge in [0.25, 0.3) is 0 Å². The lowest BCUT2D eigenvalue weighted by molar-refractivity contribution is 0.323. The molecule has 0 radical (unpaired) electrons. The fraction of sp³-hybridized carbons (Fsp3) is 0.273. The van der Waals surface area contributed by atoms with E-state index in [9.17, 15) is 0 Å². The lowest BCUT2D eigenvalue weighted by Gasteiger charge is -2.14. The van der Waals surface area contributed by atoms with Gasteiger partial charge in [-0.15, -0.1) is 5.10 Å². The van der Waals surface area contributed by atoms with Gasteiger partial charge in [0.05, 0.1) is 32.0 Å². The molecular formula is C11H15BrN4O3. The van der Waals surface area contributed by atoms with Crippen molar-refractivity contribution < 1.29 is 14.2 Å². The summed E-state index contributed by atoms with van der Waals surface area (Å²) in [6.45, 7) is 0. The molecular weight excluding hydrogens is 316 g/mol. The lowest BCUT2D eigenvalue weighted by Crippen LogP contribution is -2.21. The summed E-state index contributed by atoms with van der Waals surface area (Å²) in [4.78, 5) is 0. The Hall–Kier alpha value is -1.96. The average molecular weight is 331 g/mol. The molecule has 8 heteroatoms. The fourth-order valence-electron chi connectivity index (χ4n) is 1.39. The number of guanidine groups is 1. The Balaban J connectivity index is 3.34. The molecule has 0 amide bonds. The molecule has 0 atom stereocenters. The van der Waals surface area contributed by atoms with Gasteiger partial charge in [-0.1, -0.05) is 0 Å². The van der Waals surface area contributed by atoms with Gasteiger partial charge in [0.15, 0.2) is 11.5 Å². The molecule has 4 N–H and O–H groups in total. The Kier molecular flexibility index (Phi) is 5.43. The lowest BCUT2D eigenvalue weighted by atomic mass is 10.2. The van der Waals surface area contributed by atoms with Gasteiger partial charge in [-0.25, -0.2) is 0 Å². The molecule has 104 valence electrons. The van der Waals surface area contributed by atoms with Gasteiger partial charge < -0.3 is 25.7 Å². The summed E-state index contributed by atoms with van der Waals surface area (Å²) in [6.07, 6.45) is 1.47. The highest BCUT2D eigenvalue weighted by Gasteiger charge is 2.18. The second kappa shape index (κ2) is 6.83. The van der Waals surface area contributed by atoms with Gasteiger partial charge in [-0.05, 0) is 22.0 Å². The number of nitrogens with two attached hydrogens (primary N) is 2. The van der Waals surface area contributed by atoms with Crippen molar-refractivity contribution in [2.24, 2.45) is 21.7 Å². The fourth-order valence-corrected chi connectivity index (χ4v) is 1.95. The van der Waals surface area contributed by atoms with Crippen LogP contribution in [0, 0.1) is 0 Å². The van der Waals surface area contributed by atoms with E-state index in [0.717, 1.165) is 0 Å². The molecule has 0 heterocycles. The zero-order chi connectivity index (χ0) is 14.4. The summed E-state index contributed by atoms with van der Waals surface area (Å²) < 4.78 is 16.4. The molecule has 0 fully saturated rings. The number of nitrogens with zero attached hydrogens (tertiary/aromatic N) is 2. The Morgan fingerprint density at radius 2 is 1.79 bits per heavy atom. The van der Waals surface area contributed by atoms with Gasteiger partial charge in [0, 0.05) is 5.56 Å². The number of hydrogen-bond acceptors (Lipinski definition) is 5. The van der Waals surface area contributed by atoms with Crippen LogP contribution >= 0.6 is 15.9 Å². The predicted octanol–water partition coefficient (Wildman–Crippen LogP) is 1.08. The Morgan fingerprint density at radius 3 is 2.26 bits per heavy atom. The second-order valence-corrected chi connectivity index (χ2v) is 4.11. The first-order valence-corrected chi connectivity index (χ1v) is 5.94. The third-order valence-corrected chi connectivity index (χ3v) is 2.99. The van der Waals surface area contributed by atoms with E-state index in [1.54, 1.807) is 6.07 Å². The molecule has 0 aliphatic rings. The standard InChI is InChI=1S/C11H15BrN4O3/c1-17-7-4-6(5-15-16-11(13)14)8(12)10(19-3)9(7)18-2/h4-5H,1-3H3,(H4,13,14,16). The van der Waals surface area contributed by atoms with Gasteiger partial charge in [-0.3, -0.25) is 0 Å². The monoisotopic (exact) mass is 330 g/mol. The minimum Gasteiger partial charge on any atom is -0.493 e. The van der Waals surface area contributed by atoms with Crippen LogP contribution in [0.2, 0.25) is 0 Å². The average Bonchev–Trinajstić information content (AvgIpc) is 2.39. The van der Waals surface area contributed by atoms with E-state index < -0.39 is 0 Å². The molecule has 0 bridgehead atoms. The molecule has 0 aromatic heterocycles. The molecule has 0 saturated carbocycles. The van der Waals surface area contributed by atoms with Crippen LogP contribution in [0.15, 0.2) is 20.7 Å². The highest BCUT2D eigenvalue weighted by molar-refractivity contribution is 9.10. The van der Waals surface area contributed by atoms with Gasteiger partial charge >= 0.3 is 0 Å². The molecule has 19 heavy (non-hydrogen) atoms. The van der Waals surface area contributed by atoms with E-state index >= 15 is 0 Å². The number of benzene rings is 1. The predicted molar refractivity (Wildman–Crippen MR) is 77.2 cm³/mol. The van der Waals surface area contributed by atoms with Crippen molar-refractivity contribution in [2.45, 2.75) is 0 Å². The Bertz CT molecular complexity index is 513. The first kappa shape index (κ1) is 15.1. The first-order valence-electron chi connectivity index (χ1n) is 5.15. The third-order valence-electron chi connectivity index (χ3n) is 2.17. The largest absolute Gasteiger partial charge is 0.493 e. The number of ether oxygens (including phenoxy) is 3.